The summed E-state index contributed by atoms with van der Waals surface area (Å²) in [4.78, 5) is 14.7. The van der Waals surface area contributed by atoms with E-state index in [0.717, 1.165) is 5.75 Å². The number of aliphatic imine (C=N–C) groups is 1. The number of para-hydroxylation sites is 1. The molecule has 0 saturated carbocycles. The van der Waals surface area contributed by atoms with Crippen LogP contribution in [0.1, 0.15) is 11.5 Å². The molecule has 0 amide bonds. The van der Waals surface area contributed by atoms with Crippen LogP contribution in [0.2, 0.25) is 0 Å². The van der Waals surface area contributed by atoms with Crippen molar-refractivity contribution in [3.8, 4) is 11.5 Å². The van der Waals surface area contributed by atoms with Gasteiger partial charge in [0.05, 0.1) is 17.0 Å². The molecule has 126 valence electrons. The Bertz CT molecular complexity index is 886. The lowest BCUT2D eigenvalue weighted by molar-refractivity contribution is -0.386. The molecule has 0 fully saturated rings. The van der Waals surface area contributed by atoms with Crippen LogP contribution in [0.25, 0.3) is 0 Å². The number of nitro groups is 1. The van der Waals surface area contributed by atoms with Crippen LogP contribution in [0.5, 0.6) is 11.5 Å². The molecule has 3 rings (SSSR count). The van der Waals surface area contributed by atoms with Crippen molar-refractivity contribution in [2.24, 2.45) is 4.99 Å². The zero-order valence-electron chi connectivity index (χ0n) is 13.5. The number of nitrogens with zero attached hydrogens (tertiary/aromatic N) is 3. The summed E-state index contributed by atoms with van der Waals surface area (Å²) in [7, 11) is 0. The van der Waals surface area contributed by atoms with Crippen LogP contribution < -0.4 is 4.74 Å². The Labute approximate surface area is 143 Å². The van der Waals surface area contributed by atoms with Crippen molar-refractivity contribution in [3.63, 3.8) is 0 Å². The number of hydrogen-bond donors (Lipinski definition) is 0. The molecule has 0 aliphatic carbocycles. The molecule has 1 heterocycles. The highest BCUT2D eigenvalue weighted by atomic mass is 16.6. The maximum atomic E-state index is 11.0. The number of benzene rings is 2. The van der Waals surface area contributed by atoms with E-state index in [0.29, 0.717) is 11.4 Å². The van der Waals surface area contributed by atoms with Crippen LogP contribution in [0.4, 0.5) is 11.4 Å². The number of rotatable bonds is 6. The predicted octanol–water partition coefficient (Wildman–Crippen LogP) is 4.63. The van der Waals surface area contributed by atoms with Gasteiger partial charge in [-0.05, 0) is 43.3 Å². The molecule has 7 nitrogen and oxygen atoms in total. The van der Waals surface area contributed by atoms with Crippen molar-refractivity contribution >= 4 is 17.6 Å². The standard InChI is InChI=1S/C18H15N3O4/c1-13-18(21(22)23)17(25-20-13)11-12-19-14-7-9-16(10-8-14)24-15-5-3-2-4-6-15/h2-10,12H,11H2,1H3. The van der Waals surface area contributed by atoms with Crippen LogP contribution in [0, 0.1) is 17.0 Å². The van der Waals surface area contributed by atoms with E-state index in [4.69, 9.17) is 9.26 Å². The van der Waals surface area contributed by atoms with E-state index in [9.17, 15) is 10.1 Å². The maximum absolute atomic E-state index is 11.0. The molecule has 0 radical (unpaired) electrons. The lowest BCUT2D eigenvalue weighted by Crippen LogP contribution is -1.94. The third-order valence-electron chi connectivity index (χ3n) is 3.41. The van der Waals surface area contributed by atoms with Gasteiger partial charge in [0.25, 0.3) is 0 Å². The van der Waals surface area contributed by atoms with Gasteiger partial charge in [0.1, 0.15) is 11.5 Å². The highest BCUT2D eigenvalue weighted by Crippen LogP contribution is 2.25. The zero-order chi connectivity index (χ0) is 17.6. The minimum atomic E-state index is -0.495. The molecule has 0 N–H and O–H groups in total. The van der Waals surface area contributed by atoms with E-state index in [1.807, 2.05) is 30.3 Å². The molecule has 3 aromatic rings. The van der Waals surface area contributed by atoms with Gasteiger partial charge in [0, 0.05) is 6.21 Å². The van der Waals surface area contributed by atoms with Crippen molar-refractivity contribution < 1.29 is 14.2 Å². The van der Waals surface area contributed by atoms with E-state index in [1.165, 1.54) is 6.92 Å². The number of ether oxygens (including phenoxy) is 1. The number of hydrogen-bond acceptors (Lipinski definition) is 6. The first-order valence-electron chi connectivity index (χ1n) is 7.58. The van der Waals surface area contributed by atoms with Crippen molar-refractivity contribution in [2.75, 3.05) is 0 Å². The molecule has 0 saturated heterocycles. The van der Waals surface area contributed by atoms with Crippen LogP contribution >= 0.6 is 0 Å². The van der Waals surface area contributed by atoms with Crippen molar-refractivity contribution in [1.29, 1.82) is 0 Å². The number of aryl methyl sites for hydroxylation is 1. The summed E-state index contributed by atoms with van der Waals surface area (Å²) in [6, 6.07) is 16.7. The Kier molecular flexibility index (Phi) is 4.84. The quantitative estimate of drug-likeness (QED) is 0.371. The van der Waals surface area contributed by atoms with Gasteiger partial charge in [-0.1, -0.05) is 23.4 Å². The first kappa shape index (κ1) is 16.4. The van der Waals surface area contributed by atoms with Crippen LogP contribution in [-0.4, -0.2) is 16.3 Å². The lowest BCUT2D eigenvalue weighted by Gasteiger charge is -2.05. The van der Waals surface area contributed by atoms with Gasteiger partial charge < -0.3 is 9.26 Å². The summed E-state index contributed by atoms with van der Waals surface area (Å²) in [5.41, 5.74) is 0.869. The molecule has 0 atom stereocenters. The Hall–Kier alpha value is -3.48. The molecular formula is C18H15N3O4. The van der Waals surface area contributed by atoms with Crippen LogP contribution in [0.15, 0.2) is 64.1 Å². The molecule has 0 spiro atoms. The van der Waals surface area contributed by atoms with Crippen molar-refractivity contribution in [2.45, 2.75) is 13.3 Å². The normalized spacial score (nSPS) is 10.9. The Balaban J connectivity index is 1.64. The molecule has 0 aliphatic rings. The fourth-order valence-corrected chi connectivity index (χ4v) is 2.24. The Morgan fingerprint density at radius 2 is 1.84 bits per heavy atom. The molecular weight excluding hydrogens is 322 g/mol. The van der Waals surface area contributed by atoms with Gasteiger partial charge in [-0.3, -0.25) is 15.1 Å². The average Bonchev–Trinajstić information content (AvgIpc) is 2.98. The molecule has 25 heavy (non-hydrogen) atoms. The minimum Gasteiger partial charge on any atom is -0.457 e. The maximum Gasteiger partial charge on any atom is 0.334 e. The van der Waals surface area contributed by atoms with Gasteiger partial charge in [-0.15, -0.1) is 0 Å². The summed E-state index contributed by atoms with van der Waals surface area (Å²) in [5, 5.41) is 14.6. The fraction of sp³-hybridized carbons (Fsp3) is 0.111. The fourth-order valence-electron chi connectivity index (χ4n) is 2.24. The SMILES string of the molecule is Cc1noc(CC=Nc2ccc(Oc3ccccc3)cc2)c1[N+](=O)[O-]. The molecule has 2 aromatic carbocycles. The lowest BCUT2D eigenvalue weighted by atomic mass is 10.2. The summed E-state index contributed by atoms with van der Waals surface area (Å²) < 4.78 is 10.7. The third-order valence-corrected chi connectivity index (χ3v) is 3.41. The second-order valence-corrected chi connectivity index (χ2v) is 5.22. The smallest absolute Gasteiger partial charge is 0.334 e. The van der Waals surface area contributed by atoms with E-state index < -0.39 is 4.92 Å². The number of aromatic nitrogens is 1. The molecule has 7 heteroatoms. The molecule has 0 unspecified atom stereocenters. The summed E-state index contributed by atoms with van der Waals surface area (Å²) in [6.07, 6.45) is 1.75. The van der Waals surface area contributed by atoms with Crippen LogP contribution in [-0.2, 0) is 6.42 Å². The second-order valence-electron chi connectivity index (χ2n) is 5.22. The first-order chi connectivity index (χ1) is 12.1. The Morgan fingerprint density at radius 3 is 2.52 bits per heavy atom. The van der Waals surface area contributed by atoms with Gasteiger partial charge in [0.2, 0.25) is 5.76 Å². The van der Waals surface area contributed by atoms with Gasteiger partial charge in [-0.25, -0.2) is 0 Å². The topological polar surface area (TPSA) is 90.8 Å². The van der Waals surface area contributed by atoms with E-state index >= 15 is 0 Å². The molecule has 0 aliphatic heterocycles. The predicted molar refractivity (Wildman–Crippen MR) is 92.7 cm³/mol. The van der Waals surface area contributed by atoms with Gasteiger partial charge in [-0.2, -0.15) is 0 Å². The van der Waals surface area contributed by atoms with E-state index in [2.05, 4.69) is 10.1 Å². The Morgan fingerprint density at radius 1 is 1.16 bits per heavy atom. The molecule has 1 aromatic heterocycles. The monoisotopic (exact) mass is 337 g/mol. The third kappa shape index (κ3) is 4.08. The summed E-state index contributed by atoms with van der Waals surface area (Å²) >= 11 is 0. The van der Waals surface area contributed by atoms with Crippen LogP contribution in [0.3, 0.4) is 0 Å². The summed E-state index contributed by atoms with van der Waals surface area (Å²) in [5.74, 6) is 1.65. The minimum absolute atomic E-state index is 0.0990. The van der Waals surface area contributed by atoms with Crippen molar-refractivity contribution in [3.05, 3.63) is 76.2 Å². The van der Waals surface area contributed by atoms with E-state index in [-0.39, 0.29) is 23.6 Å². The zero-order valence-corrected chi connectivity index (χ0v) is 13.5. The highest BCUT2D eigenvalue weighted by molar-refractivity contribution is 5.67. The second kappa shape index (κ2) is 7.39. The average molecular weight is 337 g/mol. The highest BCUT2D eigenvalue weighted by Gasteiger charge is 2.22. The van der Waals surface area contributed by atoms with E-state index in [1.54, 1.807) is 30.5 Å². The largest absolute Gasteiger partial charge is 0.457 e. The molecule has 0 bridgehead atoms. The van der Waals surface area contributed by atoms with Gasteiger partial charge in [0.15, 0.2) is 5.69 Å². The van der Waals surface area contributed by atoms with Crippen molar-refractivity contribution in [1.82, 2.24) is 5.16 Å². The first-order valence-corrected chi connectivity index (χ1v) is 7.58. The van der Waals surface area contributed by atoms with Gasteiger partial charge >= 0.3 is 5.69 Å². The summed E-state index contributed by atoms with van der Waals surface area (Å²) in [6.45, 7) is 1.54.